The quantitative estimate of drug-likeness (QED) is 0.601. The third-order valence-corrected chi connectivity index (χ3v) is 6.49. The van der Waals surface area contributed by atoms with Gasteiger partial charge in [0.25, 0.3) is 0 Å². The molecule has 3 heterocycles. The molecule has 2 aliphatic heterocycles. The largest absolute Gasteiger partial charge is 0.493 e. The second-order valence-electron chi connectivity index (χ2n) is 10.6. The van der Waals surface area contributed by atoms with Crippen LogP contribution in [0.4, 0.5) is 0 Å². The number of nitrogens with zero attached hydrogens (tertiary/aromatic N) is 2. The van der Waals surface area contributed by atoms with Gasteiger partial charge in [0.1, 0.15) is 5.56 Å². The van der Waals surface area contributed by atoms with Gasteiger partial charge in [-0.15, -0.1) is 0 Å². The van der Waals surface area contributed by atoms with E-state index in [1.54, 1.807) is 7.11 Å². The second-order valence-corrected chi connectivity index (χ2v) is 10.6. The lowest BCUT2D eigenvalue weighted by atomic mass is 9.93. The number of hydrogen-bond acceptors (Lipinski definition) is 6. The molecule has 184 valence electrons. The fraction of sp³-hybridized carbons (Fsp3) is 0.538. The van der Waals surface area contributed by atoms with Gasteiger partial charge in [-0.3, -0.25) is 14.5 Å². The van der Waals surface area contributed by atoms with Gasteiger partial charge in [-0.25, -0.2) is 4.79 Å². The number of carbonyl (C=O) groups is 1. The molecule has 1 saturated heterocycles. The average Bonchev–Trinajstić information content (AvgIpc) is 3.07. The number of hydrogen-bond donors (Lipinski definition) is 1. The van der Waals surface area contributed by atoms with Crippen molar-refractivity contribution in [1.82, 2.24) is 4.68 Å². The first kappa shape index (κ1) is 24.1. The van der Waals surface area contributed by atoms with Crippen molar-refractivity contribution < 1.29 is 24.1 Å². The predicted octanol–water partition coefficient (Wildman–Crippen LogP) is 4.37. The highest BCUT2D eigenvalue weighted by molar-refractivity contribution is 5.88. The molecule has 34 heavy (non-hydrogen) atoms. The molecular formula is C26H34N2O6. The van der Waals surface area contributed by atoms with E-state index in [9.17, 15) is 14.7 Å². The van der Waals surface area contributed by atoms with Crippen LogP contribution in [0.25, 0.3) is 11.3 Å². The topological polar surface area (TPSA) is 90.2 Å². The summed E-state index contributed by atoms with van der Waals surface area (Å²) in [5.74, 6) is -0.00135. The van der Waals surface area contributed by atoms with Gasteiger partial charge in [0.15, 0.2) is 16.9 Å². The predicted molar refractivity (Wildman–Crippen MR) is 130 cm³/mol. The lowest BCUT2D eigenvalue weighted by Crippen LogP contribution is -2.50. The van der Waals surface area contributed by atoms with Gasteiger partial charge in [0.2, 0.25) is 0 Å². The maximum atomic E-state index is 12.6. The van der Waals surface area contributed by atoms with Crippen LogP contribution in [0.1, 0.15) is 75.8 Å². The van der Waals surface area contributed by atoms with Crippen molar-refractivity contribution in [2.45, 2.75) is 71.1 Å². The van der Waals surface area contributed by atoms with Crippen LogP contribution in [0, 0.1) is 0 Å². The number of methoxy groups -OCH3 is 1. The van der Waals surface area contributed by atoms with E-state index in [0.29, 0.717) is 30.4 Å². The van der Waals surface area contributed by atoms with Gasteiger partial charge in [-0.2, -0.15) is 0 Å². The summed E-state index contributed by atoms with van der Waals surface area (Å²) in [5, 5.41) is 11.7. The number of rotatable bonds is 7. The molecule has 1 aromatic heterocycles. The molecule has 0 bridgehead atoms. The molecule has 0 amide bonds. The Hall–Kier alpha value is -3.00. The van der Waals surface area contributed by atoms with Crippen LogP contribution in [0.5, 0.6) is 11.5 Å². The molecule has 8 heteroatoms. The summed E-state index contributed by atoms with van der Waals surface area (Å²) in [4.78, 5) is 24.3. The summed E-state index contributed by atoms with van der Waals surface area (Å²) < 4.78 is 19.4. The zero-order valence-electron chi connectivity index (χ0n) is 20.8. The molecule has 0 unspecified atom stereocenters. The first-order valence-corrected chi connectivity index (χ1v) is 11.7. The van der Waals surface area contributed by atoms with Crippen LogP contribution >= 0.6 is 0 Å². The SMILES string of the molecule is COc1cc2c(cc1OCCCOC(C)(C)C)[C@H]1CCC(C)(C)N1n1cc(C(=O)O)c(=O)cc1-2. The van der Waals surface area contributed by atoms with Crippen LogP contribution in [0.15, 0.2) is 29.2 Å². The molecule has 0 radical (unpaired) electrons. The van der Waals surface area contributed by atoms with Gasteiger partial charge in [-0.1, -0.05) is 0 Å². The molecule has 4 rings (SSSR count). The van der Waals surface area contributed by atoms with Gasteiger partial charge >= 0.3 is 5.97 Å². The van der Waals surface area contributed by atoms with E-state index in [0.717, 1.165) is 30.4 Å². The second kappa shape index (κ2) is 8.65. The molecule has 1 atom stereocenters. The van der Waals surface area contributed by atoms with E-state index >= 15 is 0 Å². The van der Waals surface area contributed by atoms with Crippen molar-refractivity contribution in [3.8, 4) is 22.8 Å². The van der Waals surface area contributed by atoms with Crippen molar-refractivity contribution in [3.63, 3.8) is 0 Å². The molecule has 0 saturated carbocycles. The molecule has 0 aliphatic carbocycles. The number of pyridine rings is 1. The normalized spacial score (nSPS) is 18.2. The van der Waals surface area contributed by atoms with Gasteiger partial charge in [-0.05, 0) is 65.2 Å². The fourth-order valence-corrected chi connectivity index (χ4v) is 4.91. The summed E-state index contributed by atoms with van der Waals surface area (Å²) in [6.07, 6.45) is 4.03. The molecule has 1 fully saturated rings. The van der Waals surface area contributed by atoms with Crippen LogP contribution in [0.3, 0.4) is 0 Å². The zero-order valence-corrected chi connectivity index (χ0v) is 20.8. The summed E-state index contributed by atoms with van der Waals surface area (Å²) >= 11 is 0. The van der Waals surface area contributed by atoms with E-state index in [1.807, 2.05) is 37.6 Å². The number of carboxylic acids is 1. The van der Waals surface area contributed by atoms with E-state index in [-0.39, 0.29) is 22.7 Å². The third-order valence-electron chi connectivity index (χ3n) is 6.49. The van der Waals surface area contributed by atoms with Gasteiger partial charge in [0.05, 0.1) is 43.2 Å². The fourth-order valence-electron chi connectivity index (χ4n) is 4.91. The highest BCUT2D eigenvalue weighted by atomic mass is 16.5. The van der Waals surface area contributed by atoms with Gasteiger partial charge < -0.3 is 19.3 Å². The Morgan fingerprint density at radius 3 is 2.56 bits per heavy atom. The maximum Gasteiger partial charge on any atom is 0.341 e. The number of aromatic nitrogens is 1. The Morgan fingerprint density at radius 1 is 1.18 bits per heavy atom. The van der Waals surface area contributed by atoms with Crippen molar-refractivity contribution in [3.05, 3.63) is 45.7 Å². The van der Waals surface area contributed by atoms with E-state index in [4.69, 9.17) is 14.2 Å². The average molecular weight is 471 g/mol. The van der Waals surface area contributed by atoms with Crippen LogP contribution in [-0.4, -0.2) is 47.2 Å². The molecule has 8 nitrogen and oxygen atoms in total. The Bertz CT molecular complexity index is 1160. The first-order valence-electron chi connectivity index (χ1n) is 11.7. The summed E-state index contributed by atoms with van der Waals surface area (Å²) in [5.41, 5.74) is 1.40. The van der Waals surface area contributed by atoms with E-state index in [1.165, 1.54) is 12.3 Å². The summed E-state index contributed by atoms with van der Waals surface area (Å²) in [6.45, 7) is 11.4. The van der Waals surface area contributed by atoms with E-state index in [2.05, 4.69) is 18.9 Å². The number of ether oxygens (including phenoxy) is 3. The molecule has 1 N–H and O–H groups in total. The number of aromatic carboxylic acids is 1. The first-order chi connectivity index (χ1) is 15.9. The summed E-state index contributed by atoms with van der Waals surface area (Å²) in [6, 6.07) is 5.34. The van der Waals surface area contributed by atoms with Crippen LogP contribution in [0.2, 0.25) is 0 Å². The number of carboxylic acid groups (broad SMARTS) is 1. The molecule has 1 aromatic carbocycles. The lowest BCUT2D eigenvalue weighted by molar-refractivity contribution is -0.00777. The maximum absolute atomic E-state index is 12.6. The lowest BCUT2D eigenvalue weighted by Gasteiger charge is -2.44. The molecule has 2 aromatic rings. The minimum atomic E-state index is -1.23. The third kappa shape index (κ3) is 4.39. The van der Waals surface area contributed by atoms with Crippen molar-refractivity contribution in [2.24, 2.45) is 0 Å². The standard InChI is InChI=1S/C26H34N2O6/c1-25(2,3)34-11-7-10-33-23-13-16-17(12-22(23)32-6)20-14-21(29)18(24(30)31)15-27(20)28-19(16)8-9-26(28,4)5/h12-15,19H,7-11H2,1-6H3,(H,30,31)/t19-/m1/s1. The van der Waals surface area contributed by atoms with Crippen molar-refractivity contribution in [1.29, 1.82) is 0 Å². The highest BCUT2D eigenvalue weighted by Gasteiger charge is 2.45. The Balaban J connectivity index is 1.74. The molecule has 2 aliphatic rings. The van der Waals surface area contributed by atoms with Crippen LogP contribution < -0.4 is 19.9 Å². The van der Waals surface area contributed by atoms with E-state index < -0.39 is 11.4 Å². The monoisotopic (exact) mass is 470 g/mol. The summed E-state index contributed by atoms with van der Waals surface area (Å²) in [7, 11) is 1.59. The Labute approximate surface area is 200 Å². The smallest absolute Gasteiger partial charge is 0.341 e. The zero-order chi connectivity index (χ0) is 24.8. The Morgan fingerprint density at radius 2 is 1.91 bits per heavy atom. The Kier molecular flexibility index (Phi) is 6.14. The van der Waals surface area contributed by atoms with Crippen molar-refractivity contribution >= 4 is 5.97 Å². The number of benzene rings is 1. The minimum Gasteiger partial charge on any atom is -0.493 e. The minimum absolute atomic E-state index is 0.0270. The number of fused-ring (bicyclic) bond motifs is 6. The highest BCUT2D eigenvalue weighted by Crippen LogP contribution is 2.50. The molecular weight excluding hydrogens is 436 g/mol. The van der Waals surface area contributed by atoms with Crippen molar-refractivity contribution in [2.75, 3.05) is 25.3 Å². The van der Waals surface area contributed by atoms with Gasteiger partial charge in [0, 0.05) is 24.2 Å². The van der Waals surface area contributed by atoms with Crippen LogP contribution in [-0.2, 0) is 4.74 Å². The molecule has 0 spiro atoms.